The molecule has 12 heteroatoms. The number of aryl methyl sites for hydroxylation is 2. The molecule has 2 saturated heterocycles. The van der Waals surface area contributed by atoms with E-state index >= 15 is 0 Å². The molecule has 3 amide bonds. The highest BCUT2D eigenvalue weighted by molar-refractivity contribution is 8.01. The summed E-state index contributed by atoms with van der Waals surface area (Å²) in [5.41, 5.74) is 7.97. The van der Waals surface area contributed by atoms with Crippen molar-refractivity contribution in [2.45, 2.75) is 61.5 Å². The van der Waals surface area contributed by atoms with Gasteiger partial charge in [0.05, 0.1) is 10.9 Å². The Morgan fingerprint density at radius 3 is 2.56 bits per heavy atom. The Hall–Kier alpha value is -4.32. The molecular weight excluding hydrogens is 546 g/mol. The first-order valence-electron chi connectivity index (χ1n) is 13.3. The summed E-state index contributed by atoms with van der Waals surface area (Å²) in [6.45, 7) is 4.11. The molecule has 4 unspecified atom stereocenters. The number of anilines is 1. The van der Waals surface area contributed by atoms with Crippen molar-refractivity contribution in [3.05, 3.63) is 75.6 Å². The first-order chi connectivity index (χ1) is 19.5. The number of nitrogen functional groups attached to an aromatic ring is 1. The number of carbonyl (C=O) groups excluding carboxylic acids is 3. The summed E-state index contributed by atoms with van der Waals surface area (Å²) in [5.74, 6) is -3.00. The minimum atomic E-state index is -1.22. The van der Waals surface area contributed by atoms with Crippen LogP contribution in [0, 0.1) is 0 Å². The number of thioether (sulfide) groups is 1. The summed E-state index contributed by atoms with van der Waals surface area (Å²) in [6, 6.07) is 8.89. The number of hydrogen-bond donors (Lipinski definition) is 4. The van der Waals surface area contributed by atoms with Gasteiger partial charge in [-0.05, 0) is 43.9 Å². The second kappa shape index (κ2) is 9.65. The molecule has 0 saturated carbocycles. The van der Waals surface area contributed by atoms with Gasteiger partial charge in [0.2, 0.25) is 17.2 Å². The van der Waals surface area contributed by atoms with Gasteiger partial charge in [0.25, 0.3) is 5.91 Å². The lowest BCUT2D eigenvalue weighted by atomic mass is 9.95. The highest BCUT2D eigenvalue weighted by atomic mass is 32.2. The van der Waals surface area contributed by atoms with Crippen molar-refractivity contribution < 1.29 is 24.3 Å². The number of β-lactam (4-membered cyclic amide) rings is 1. The molecule has 1 aromatic heterocycles. The Bertz CT molecular complexity index is 1690. The third-order valence-corrected chi connectivity index (χ3v) is 9.64. The van der Waals surface area contributed by atoms with Crippen LogP contribution in [0.2, 0.25) is 0 Å². The molecule has 0 radical (unpaired) electrons. The van der Waals surface area contributed by atoms with E-state index in [2.05, 4.69) is 10.6 Å². The van der Waals surface area contributed by atoms with Crippen molar-refractivity contribution in [3.8, 4) is 0 Å². The summed E-state index contributed by atoms with van der Waals surface area (Å²) >= 11 is 1.31. The number of carbonyl (C=O) groups is 4. The van der Waals surface area contributed by atoms with Crippen molar-refractivity contribution in [2.75, 3.05) is 5.73 Å². The van der Waals surface area contributed by atoms with Gasteiger partial charge in [0.1, 0.15) is 29.1 Å². The topological polar surface area (TPSA) is 164 Å². The fraction of sp³-hybridized carbons (Fsp3) is 0.345. The molecule has 3 aliphatic heterocycles. The summed E-state index contributed by atoms with van der Waals surface area (Å²) in [4.78, 5) is 66.9. The van der Waals surface area contributed by atoms with E-state index in [1.807, 2.05) is 10.6 Å². The summed E-state index contributed by atoms with van der Waals surface area (Å²) in [6.07, 6.45) is 3.16. The van der Waals surface area contributed by atoms with Crippen molar-refractivity contribution >= 4 is 52.0 Å². The normalized spacial score (nSPS) is 22.9. The van der Waals surface area contributed by atoms with Crippen molar-refractivity contribution in [1.82, 2.24) is 20.1 Å². The zero-order valence-electron chi connectivity index (χ0n) is 22.4. The number of benzene rings is 2. The van der Waals surface area contributed by atoms with Crippen molar-refractivity contribution in [3.63, 3.8) is 0 Å². The van der Waals surface area contributed by atoms with Gasteiger partial charge >= 0.3 is 5.97 Å². The lowest BCUT2D eigenvalue weighted by Crippen LogP contribution is -2.71. The second-order valence-corrected chi connectivity index (χ2v) is 12.9. The Kier molecular flexibility index (Phi) is 6.33. The number of aromatic nitrogens is 1. The van der Waals surface area contributed by atoms with Crippen LogP contribution < -0.4 is 21.8 Å². The summed E-state index contributed by atoms with van der Waals surface area (Å²) in [5, 5.41) is 14.8. The molecule has 4 heterocycles. The van der Waals surface area contributed by atoms with Gasteiger partial charge < -0.3 is 30.9 Å². The number of carboxylic acid groups (broad SMARTS) is 1. The smallest absolute Gasteiger partial charge is 0.327 e. The molecule has 2 fully saturated rings. The van der Waals surface area contributed by atoms with Crippen LogP contribution in [0.4, 0.5) is 5.69 Å². The van der Waals surface area contributed by atoms with Crippen molar-refractivity contribution in [2.24, 2.45) is 0 Å². The number of amides is 3. The maximum Gasteiger partial charge on any atom is 0.327 e. The third kappa shape index (κ3) is 4.24. The predicted molar refractivity (Wildman–Crippen MR) is 153 cm³/mol. The highest BCUT2D eigenvalue weighted by Crippen LogP contribution is 2.50. The number of fused-ring (bicyclic) bond motifs is 1. The second-order valence-electron chi connectivity index (χ2n) is 11.1. The zero-order chi connectivity index (χ0) is 29.2. The Balaban J connectivity index is 1.30. The monoisotopic (exact) mass is 575 g/mol. The summed E-state index contributed by atoms with van der Waals surface area (Å²) < 4.78 is 1.11. The van der Waals surface area contributed by atoms with Crippen LogP contribution in [0.1, 0.15) is 47.8 Å². The van der Waals surface area contributed by atoms with E-state index in [-0.39, 0.29) is 16.6 Å². The van der Waals surface area contributed by atoms with Gasteiger partial charge in [-0.15, -0.1) is 11.8 Å². The number of nitrogens with two attached hydrogens (primary N) is 1. The van der Waals surface area contributed by atoms with Crippen molar-refractivity contribution in [1.29, 1.82) is 0 Å². The Labute approximate surface area is 239 Å². The van der Waals surface area contributed by atoms with Crippen LogP contribution in [-0.2, 0) is 27.3 Å². The maximum absolute atomic E-state index is 13.6. The molecular formula is C29H29N5O6S. The number of hydrogen-bond acceptors (Lipinski definition) is 7. The van der Waals surface area contributed by atoms with E-state index < -0.39 is 57.4 Å². The van der Waals surface area contributed by atoms with Gasteiger partial charge in [0, 0.05) is 23.2 Å². The molecule has 212 valence electrons. The minimum absolute atomic E-state index is 0.139. The molecule has 0 spiro atoms. The maximum atomic E-state index is 13.6. The largest absolute Gasteiger partial charge is 0.480 e. The van der Waals surface area contributed by atoms with Crippen LogP contribution in [0.15, 0.2) is 53.5 Å². The third-order valence-electron chi connectivity index (χ3n) is 8.07. The molecule has 0 aliphatic carbocycles. The van der Waals surface area contributed by atoms with E-state index in [4.69, 9.17) is 5.73 Å². The molecule has 3 aliphatic rings. The van der Waals surface area contributed by atoms with Gasteiger partial charge in [0.15, 0.2) is 0 Å². The van der Waals surface area contributed by atoms with Crippen LogP contribution >= 0.6 is 11.8 Å². The predicted octanol–water partition coefficient (Wildman–Crippen LogP) is 1.63. The number of carboxylic acids is 1. The average Bonchev–Trinajstić information content (AvgIpc) is 3.20. The number of nitrogens with one attached hydrogen (secondary N) is 2. The minimum Gasteiger partial charge on any atom is -0.480 e. The molecule has 5 N–H and O–H groups in total. The molecule has 3 aromatic rings. The van der Waals surface area contributed by atoms with Crippen LogP contribution in [-0.4, -0.2) is 60.5 Å². The quantitative estimate of drug-likeness (QED) is 0.255. The SMILES string of the molecule is CC1(C)SC2C(NC(=O)C(NC(=O)c3cn4c5c(ccc(N)c5c3=O)CCC4)c3ccccc3)C(=O)N2C1C(=O)O. The van der Waals surface area contributed by atoms with Gasteiger partial charge in [-0.2, -0.15) is 0 Å². The number of pyridine rings is 1. The Morgan fingerprint density at radius 2 is 1.85 bits per heavy atom. The lowest BCUT2D eigenvalue weighted by molar-refractivity contribution is -0.161. The van der Waals surface area contributed by atoms with E-state index in [1.54, 1.807) is 50.2 Å². The molecule has 2 aromatic carbocycles. The molecule has 4 atom stereocenters. The lowest BCUT2D eigenvalue weighted by Gasteiger charge is -2.44. The average molecular weight is 576 g/mol. The highest BCUT2D eigenvalue weighted by Gasteiger charge is 2.64. The first kappa shape index (κ1) is 26.9. The number of rotatable bonds is 6. The van der Waals surface area contributed by atoms with Gasteiger partial charge in [-0.3, -0.25) is 19.2 Å². The fourth-order valence-electron chi connectivity index (χ4n) is 6.15. The van der Waals surface area contributed by atoms with E-state index in [0.29, 0.717) is 12.1 Å². The summed E-state index contributed by atoms with van der Waals surface area (Å²) in [7, 11) is 0. The van der Waals surface area contributed by atoms with Crippen LogP contribution in [0.25, 0.3) is 10.9 Å². The van der Waals surface area contributed by atoms with Crippen LogP contribution in [0.5, 0.6) is 0 Å². The number of nitrogens with zero attached hydrogens (tertiary/aromatic N) is 2. The van der Waals surface area contributed by atoms with E-state index in [1.165, 1.54) is 22.9 Å². The van der Waals surface area contributed by atoms with Gasteiger partial charge in [-0.25, -0.2) is 4.79 Å². The Morgan fingerprint density at radius 1 is 1.12 bits per heavy atom. The molecule has 11 nitrogen and oxygen atoms in total. The van der Waals surface area contributed by atoms with Gasteiger partial charge in [-0.1, -0.05) is 36.4 Å². The van der Waals surface area contributed by atoms with E-state index in [9.17, 15) is 29.1 Å². The van der Waals surface area contributed by atoms with Crippen LogP contribution in [0.3, 0.4) is 0 Å². The van der Waals surface area contributed by atoms with E-state index in [0.717, 1.165) is 23.9 Å². The molecule has 41 heavy (non-hydrogen) atoms. The molecule has 6 rings (SSSR count). The molecule has 0 bridgehead atoms. The first-order valence-corrected chi connectivity index (χ1v) is 14.2. The zero-order valence-corrected chi connectivity index (χ0v) is 23.2. The standard InChI is InChI=1S/C29H29N5O6S/c1-29(2)23(28(39)40)34-26(38)20(27(34)41-29)32-25(37)19(14-7-4-3-5-8-14)31-24(36)16-13-33-12-6-9-15-10-11-17(30)18(21(15)33)22(16)35/h3-5,7-8,10-11,13,19-20,23,27H,6,9,12,30H2,1-2H3,(H,31,36)(H,32,37)(H,39,40). The fourth-order valence-corrected chi connectivity index (χ4v) is 7.77. The number of aliphatic carboxylic acids is 1.